The number of hydrogen-bond donors (Lipinski definition) is 1. The van der Waals surface area contributed by atoms with Crippen LogP contribution in [0.2, 0.25) is 10.0 Å². The van der Waals surface area contributed by atoms with E-state index in [1.165, 1.54) is 6.07 Å². The first-order valence-electron chi connectivity index (χ1n) is 7.03. The maximum absolute atomic E-state index is 13.6. The van der Waals surface area contributed by atoms with Crippen molar-refractivity contribution in [3.05, 3.63) is 69.5 Å². The van der Waals surface area contributed by atoms with Crippen molar-refractivity contribution in [1.82, 2.24) is 5.32 Å². The normalized spacial score (nSPS) is 12.4. The molecule has 0 aliphatic rings. The highest BCUT2D eigenvalue weighted by Gasteiger charge is 2.13. The van der Waals surface area contributed by atoms with Crippen molar-refractivity contribution in [3.8, 4) is 0 Å². The lowest BCUT2D eigenvalue weighted by molar-refractivity contribution is 0.527. The molecule has 2 aromatic rings. The highest BCUT2D eigenvalue weighted by Crippen LogP contribution is 2.23. The fraction of sp³-hybridized carbons (Fsp3) is 0.294. The van der Waals surface area contributed by atoms with Crippen LogP contribution in [0.5, 0.6) is 0 Å². The van der Waals surface area contributed by atoms with E-state index in [0.717, 1.165) is 24.1 Å². The summed E-state index contributed by atoms with van der Waals surface area (Å²) in [5.41, 5.74) is 2.01. The minimum absolute atomic E-state index is 0.101. The van der Waals surface area contributed by atoms with E-state index in [9.17, 15) is 4.39 Å². The number of hydrogen-bond acceptors (Lipinski definition) is 1. The van der Waals surface area contributed by atoms with Crippen LogP contribution in [-0.4, -0.2) is 6.54 Å². The van der Waals surface area contributed by atoms with Crippen molar-refractivity contribution in [2.75, 3.05) is 6.54 Å². The van der Waals surface area contributed by atoms with E-state index in [1.54, 1.807) is 6.07 Å². The first-order valence-corrected chi connectivity index (χ1v) is 7.78. The molecule has 0 spiro atoms. The van der Waals surface area contributed by atoms with Gasteiger partial charge in [0.15, 0.2) is 0 Å². The van der Waals surface area contributed by atoms with Crippen LogP contribution in [0.4, 0.5) is 4.39 Å². The second kappa shape index (κ2) is 7.79. The zero-order chi connectivity index (χ0) is 15.2. The largest absolute Gasteiger partial charge is 0.310 e. The molecule has 0 heterocycles. The quantitative estimate of drug-likeness (QED) is 0.748. The van der Waals surface area contributed by atoms with Crippen LogP contribution in [-0.2, 0) is 6.42 Å². The van der Waals surface area contributed by atoms with Gasteiger partial charge in [-0.25, -0.2) is 4.39 Å². The average molecular weight is 326 g/mol. The second-order valence-electron chi connectivity index (χ2n) is 5.01. The van der Waals surface area contributed by atoms with Gasteiger partial charge in [-0.05, 0) is 54.8 Å². The van der Waals surface area contributed by atoms with Crippen LogP contribution < -0.4 is 5.32 Å². The first kappa shape index (κ1) is 16.3. The van der Waals surface area contributed by atoms with E-state index in [0.29, 0.717) is 11.4 Å². The highest BCUT2D eigenvalue weighted by atomic mass is 35.5. The molecule has 0 aliphatic heterocycles. The molecule has 21 heavy (non-hydrogen) atoms. The summed E-state index contributed by atoms with van der Waals surface area (Å²) in [5.74, 6) is -0.380. The molecule has 0 aliphatic carbocycles. The monoisotopic (exact) mass is 325 g/mol. The molecule has 1 N–H and O–H groups in total. The summed E-state index contributed by atoms with van der Waals surface area (Å²) in [5, 5.41) is 4.34. The van der Waals surface area contributed by atoms with E-state index in [-0.39, 0.29) is 16.9 Å². The molecule has 0 bridgehead atoms. The lowest BCUT2D eigenvalue weighted by atomic mass is 9.98. The van der Waals surface area contributed by atoms with Gasteiger partial charge in [-0.1, -0.05) is 48.3 Å². The molecule has 0 amide bonds. The van der Waals surface area contributed by atoms with Crippen molar-refractivity contribution in [2.24, 2.45) is 0 Å². The maximum atomic E-state index is 13.6. The Hall–Kier alpha value is -1.09. The van der Waals surface area contributed by atoms with Crippen LogP contribution in [0, 0.1) is 5.82 Å². The summed E-state index contributed by atoms with van der Waals surface area (Å²) in [6.07, 6.45) is 1.72. The summed E-state index contributed by atoms with van der Waals surface area (Å²) < 4.78 is 13.6. The van der Waals surface area contributed by atoms with E-state index >= 15 is 0 Å². The number of benzene rings is 2. The van der Waals surface area contributed by atoms with Gasteiger partial charge in [-0.2, -0.15) is 0 Å². The second-order valence-corrected chi connectivity index (χ2v) is 5.86. The SMILES string of the molecule is CCCNC(Cc1ccc(Cl)c(F)c1)c1cccc(Cl)c1. The molecule has 0 radical (unpaired) electrons. The molecular formula is C17H18Cl2FN. The third-order valence-corrected chi connectivity index (χ3v) is 3.86. The summed E-state index contributed by atoms with van der Waals surface area (Å²) in [6.45, 7) is 3.01. The molecule has 0 saturated carbocycles. The Morgan fingerprint density at radius 2 is 1.95 bits per heavy atom. The fourth-order valence-electron chi connectivity index (χ4n) is 2.25. The van der Waals surface area contributed by atoms with Gasteiger partial charge in [0.05, 0.1) is 5.02 Å². The Morgan fingerprint density at radius 1 is 1.14 bits per heavy atom. The highest BCUT2D eigenvalue weighted by molar-refractivity contribution is 6.31. The third-order valence-electron chi connectivity index (χ3n) is 3.32. The zero-order valence-electron chi connectivity index (χ0n) is 11.9. The van der Waals surface area contributed by atoms with Gasteiger partial charge < -0.3 is 5.32 Å². The Bertz CT molecular complexity index is 601. The van der Waals surface area contributed by atoms with Gasteiger partial charge in [0.1, 0.15) is 5.82 Å². The topological polar surface area (TPSA) is 12.0 Å². The molecule has 0 saturated heterocycles. The molecule has 1 nitrogen and oxygen atoms in total. The molecule has 1 unspecified atom stereocenters. The van der Waals surface area contributed by atoms with Crippen molar-refractivity contribution in [3.63, 3.8) is 0 Å². The van der Waals surface area contributed by atoms with Gasteiger partial charge in [0, 0.05) is 11.1 Å². The minimum Gasteiger partial charge on any atom is -0.310 e. The van der Waals surface area contributed by atoms with E-state index < -0.39 is 0 Å². The van der Waals surface area contributed by atoms with E-state index in [4.69, 9.17) is 23.2 Å². The van der Waals surface area contributed by atoms with Crippen LogP contribution in [0.3, 0.4) is 0 Å². The molecule has 112 valence electrons. The third kappa shape index (κ3) is 4.70. The predicted molar refractivity (Wildman–Crippen MR) is 87.6 cm³/mol. The lowest BCUT2D eigenvalue weighted by Gasteiger charge is -2.19. The average Bonchev–Trinajstić information content (AvgIpc) is 2.47. The molecule has 2 rings (SSSR count). The smallest absolute Gasteiger partial charge is 0.142 e. The Morgan fingerprint density at radius 3 is 2.62 bits per heavy atom. The number of nitrogens with one attached hydrogen (secondary N) is 1. The van der Waals surface area contributed by atoms with Crippen molar-refractivity contribution in [1.29, 1.82) is 0 Å². The zero-order valence-corrected chi connectivity index (χ0v) is 13.4. The van der Waals surface area contributed by atoms with Crippen molar-refractivity contribution >= 4 is 23.2 Å². The Kier molecular flexibility index (Phi) is 6.04. The summed E-state index contributed by atoms with van der Waals surface area (Å²) in [4.78, 5) is 0. The number of halogens is 3. The van der Waals surface area contributed by atoms with Gasteiger partial charge in [-0.3, -0.25) is 0 Å². The van der Waals surface area contributed by atoms with Gasteiger partial charge in [0.2, 0.25) is 0 Å². The van der Waals surface area contributed by atoms with Crippen LogP contribution in [0.1, 0.15) is 30.5 Å². The van der Waals surface area contributed by atoms with Crippen LogP contribution in [0.15, 0.2) is 42.5 Å². The van der Waals surface area contributed by atoms with Gasteiger partial charge in [-0.15, -0.1) is 0 Å². The van der Waals surface area contributed by atoms with E-state index in [1.807, 2.05) is 30.3 Å². The Balaban J connectivity index is 2.21. The standard InChI is InChI=1S/C17H18Cl2FN/c1-2-8-21-17(13-4-3-5-14(18)11-13)10-12-6-7-15(19)16(20)9-12/h3-7,9,11,17,21H,2,8,10H2,1H3. The molecular weight excluding hydrogens is 308 g/mol. The first-order chi connectivity index (χ1) is 10.1. The molecule has 2 aromatic carbocycles. The van der Waals surface area contributed by atoms with Crippen molar-refractivity contribution in [2.45, 2.75) is 25.8 Å². The van der Waals surface area contributed by atoms with Crippen LogP contribution in [0.25, 0.3) is 0 Å². The molecule has 4 heteroatoms. The summed E-state index contributed by atoms with van der Waals surface area (Å²) >= 11 is 11.8. The predicted octanol–water partition coefficient (Wildman–Crippen LogP) is 5.42. The minimum atomic E-state index is -0.380. The number of rotatable bonds is 6. The lowest BCUT2D eigenvalue weighted by Crippen LogP contribution is -2.24. The Labute approximate surface area is 135 Å². The maximum Gasteiger partial charge on any atom is 0.142 e. The van der Waals surface area contributed by atoms with Crippen LogP contribution >= 0.6 is 23.2 Å². The van der Waals surface area contributed by atoms with Gasteiger partial charge >= 0.3 is 0 Å². The molecule has 1 atom stereocenters. The van der Waals surface area contributed by atoms with Crippen molar-refractivity contribution < 1.29 is 4.39 Å². The summed E-state index contributed by atoms with van der Waals surface area (Å²) in [6, 6.07) is 12.8. The van der Waals surface area contributed by atoms with E-state index in [2.05, 4.69) is 12.2 Å². The molecule has 0 fully saturated rings. The fourth-order valence-corrected chi connectivity index (χ4v) is 2.57. The molecule has 0 aromatic heterocycles. The van der Waals surface area contributed by atoms with Gasteiger partial charge in [0.25, 0.3) is 0 Å². The summed E-state index contributed by atoms with van der Waals surface area (Å²) in [7, 11) is 0.